The molecule has 1 unspecified atom stereocenters. The quantitative estimate of drug-likeness (QED) is 0.789. The van der Waals surface area contributed by atoms with Crippen LogP contribution in [-0.2, 0) is 14.4 Å². The van der Waals surface area contributed by atoms with Gasteiger partial charge in [0.05, 0.1) is 5.54 Å². The lowest BCUT2D eigenvalue weighted by Crippen LogP contribution is -2.68. The highest BCUT2D eigenvalue weighted by atomic mass is 16.7. The summed E-state index contributed by atoms with van der Waals surface area (Å²) in [7, 11) is 0. The van der Waals surface area contributed by atoms with Gasteiger partial charge in [-0.25, -0.2) is 4.79 Å². The van der Waals surface area contributed by atoms with Crippen molar-refractivity contribution in [2.45, 2.75) is 70.1 Å². The summed E-state index contributed by atoms with van der Waals surface area (Å²) < 4.78 is 5.54. The molecule has 0 N–H and O–H groups in total. The summed E-state index contributed by atoms with van der Waals surface area (Å²) in [6.45, 7) is 6.60. The van der Waals surface area contributed by atoms with E-state index in [0.29, 0.717) is 6.61 Å². The average molecular weight is 317 g/mol. The van der Waals surface area contributed by atoms with Gasteiger partial charge in [0.1, 0.15) is 18.2 Å². The van der Waals surface area contributed by atoms with Crippen LogP contribution in [0, 0.1) is 0 Å². The highest BCUT2D eigenvalue weighted by Gasteiger charge is 2.56. The van der Waals surface area contributed by atoms with Crippen LogP contribution >= 0.6 is 0 Å². The molecule has 2 aliphatic rings. The van der Waals surface area contributed by atoms with Crippen molar-refractivity contribution in [3.63, 3.8) is 0 Å². The second kappa shape index (κ2) is 6.25. The van der Waals surface area contributed by atoms with Gasteiger partial charge in [0, 0.05) is 0 Å². The molecule has 0 radical (unpaired) electrons. The molecule has 1 aromatic carbocycles. The maximum atomic E-state index is 12.6. The molecule has 1 aliphatic heterocycles. The number of cyclic esters (lactones) is 1. The van der Waals surface area contributed by atoms with Gasteiger partial charge < -0.3 is 4.74 Å². The Morgan fingerprint density at radius 1 is 1.13 bits per heavy atom. The zero-order valence-corrected chi connectivity index (χ0v) is 14.4. The van der Waals surface area contributed by atoms with Crippen molar-refractivity contribution in [3.8, 4) is 0 Å². The van der Waals surface area contributed by atoms with Gasteiger partial charge in [-0.3, -0.25) is 4.84 Å². The Bertz CT molecular complexity index is 549. The molecule has 0 amide bonds. The topological polar surface area (TPSA) is 38.8 Å². The summed E-state index contributed by atoms with van der Waals surface area (Å²) >= 11 is 0. The fourth-order valence-electron chi connectivity index (χ4n) is 3.83. The molecule has 23 heavy (non-hydrogen) atoms. The molecule has 1 saturated carbocycles. The molecule has 1 saturated heterocycles. The number of hydrogen-bond donors (Lipinski definition) is 0. The van der Waals surface area contributed by atoms with Crippen molar-refractivity contribution in [2.75, 3.05) is 6.61 Å². The minimum absolute atomic E-state index is 0.0971. The standard InChI is InChI=1S/C19H27NO3/c1-15(16-10-6-4-7-11-16)23-20-18(2,3)14-22-17(21)19(20)12-8-5-9-13-19/h4,6-7,10-11,15H,5,8-9,12-14H2,1-3H3. The summed E-state index contributed by atoms with van der Waals surface area (Å²) in [5.74, 6) is -0.114. The third-order valence-electron chi connectivity index (χ3n) is 5.09. The first-order valence-corrected chi connectivity index (χ1v) is 8.65. The van der Waals surface area contributed by atoms with Crippen LogP contribution in [0.15, 0.2) is 30.3 Å². The zero-order chi connectivity index (χ0) is 16.5. The van der Waals surface area contributed by atoms with Crippen molar-refractivity contribution in [1.29, 1.82) is 0 Å². The first kappa shape index (κ1) is 16.5. The van der Waals surface area contributed by atoms with Crippen LogP contribution in [0.2, 0.25) is 0 Å². The molecule has 126 valence electrons. The van der Waals surface area contributed by atoms with Crippen LogP contribution in [0.3, 0.4) is 0 Å². The molecule has 4 nitrogen and oxygen atoms in total. The lowest BCUT2D eigenvalue weighted by molar-refractivity contribution is -0.323. The molecule has 1 aliphatic carbocycles. The van der Waals surface area contributed by atoms with Crippen LogP contribution in [0.4, 0.5) is 0 Å². The van der Waals surface area contributed by atoms with Crippen LogP contribution < -0.4 is 0 Å². The SMILES string of the molecule is CC(ON1C(C)(C)COC(=O)C12CCCCC2)c1ccccc1. The predicted octanol–water partition coefficient (Wildman–Crippen LogP) is 4.02. The van der Waals surface area contributed by atoms with E-state index in [0.717, 1.165) is 31.2 Å². The summed E-state index contributed by atoms with van der Waals surface area (Å²) in [5, 5.41) is 1.97. The van der Waals surface area contributed by atoms with Crippen molar-refractivity contribution in [2.24, 2.45) is 0 Å². The summed E-state index contributed by atoms with van der Waals surface area (Å²) in [5.41, 5.74) is 0.172. The van der Waals surface area contributed by atoms with Gasteiger partial charge in [-0.05, 0) is 39.2 Å². The van der Waals surface area contributed by atoms with E-state index in [-0.39, 0.29) is 17.6 Å². The second-order valence-electron chi connectivity index (χ2n) is 7.43. The minimum atomic E-state index is -0.622. The van der Waals surface area contributed by atoms with Crippen LogP contribution in [0.25, 0.3) is 0 Å². The summed E-state index contributed by atoms with van der Waals surface area (Å²) in [6, 6.07) is 10.2. The number of benzene rings is 1. The first-order chi connectivity index (χ1) is 11.0. The number of nitrogens with zero attached hydrogens (tertiary/aromatic N) is 1. The molecule has 1 spiro atoms. The monoisotopic (exact) mass is 317 g/mol. The Morgan fingerprint density at radius 2 is 1.78 bits per heavy atom. The Morgan fingerprint density at radius 3 is 2.43 bits per heavy atom. The van der Waals surface area contributed by atoms with Crippen molar-refractivity contribution >= 4 is 5.97 Å². The maximum absolute atomic E-state index is 12.6. The number of carbonyl (C=O) groups excluding carboxylic acids is 1. The van der Waals surface area contributed by atoms with Crippen molar-refractivity contribution in [3.05, 3.63) is 35.9 Å². The Balaban J connectivity index is 1.89. The number of ether oxygens (including phenoxy) is 1. The molecule has 1 atom stereocenters. The van der Waals surface area contributed by atoms with E-state index in [4.69, 9.17) is 9.57 Å². The normalized spacial score (nSPS) is 25.1. The highest BCUT2D eigenvalue weighted by Crippen LogP contribution is 2.43. The molecule has 4 heteroatoms. The van der Waals surface area contributed by atoms with Gasteiger partial charge in [-0.2, -0.15) is 5.06 Å². The second-order valence-corrected chi connectivity index (χ2v) is 7.43. The van der Waals surface area contributed by atoms with E-state index in [1.54, 1.807) is 0 Å². The van der Waals surface area contributed by atoms with E-state index >= 15 is 0 Å². The van der Waals surface area contributed by atoms with Gasteiger partial charge >= 0.3 is 5.97 Å². The molecule has 1 aromatic rings. The number of hydroxylamine groups is 2. The molecular formula is C19H27NO3. The Kier molecular flexibility index (Phi) is 4.47. The average Bonchev–Trinajstić information content (AvgIpc) is 2.57. The third kappa shape index (κ3) is 3.02. The molecule has 3 rings (SSSR count). The largest absolute Gasteiger partial charge is 0.462 e. The van der Waals surface area contributed by atoms with E-state index in [1.807, 2.05) is 30.2 Å². The smallest absolute Gasteiger partial charge is 0.329 e. The van der Waals surface area contributed by atoms with Gasteiger partial charge in [-0.1, -0.05) is 49.6 Å². The summed E-state index contributed by atoms with van der Waals surface area (Å²) in [4.78, 5) is 19.0. The summed E-state index contributed by atoms with van der Waals surface area (Å²) in [6.07, 6.45) is 4.81. The predicted molar refractivity (Wildman–Crippen MR) is 88.6 cm³/mol. The van der Waals surface area contributed by atoms with Gasteiger partial charge in [-0.15, -0.1) is 0 Å². The Labute approximate surface area is 138 Å². The number of esters is 1. The van der Waals surface area contributed by atoms with Gasteiger partial charge in [0.15, 0.2) is 0 Å². The lowest BCUT2D eigenvalue weighted by atomic mass is 9.78. The zero-order valence-electron chi connectivity index (χ0n) is 14.4. The molecule has 1 heterocycles. The molecule has 0 aromatic heterocycles. The van der Waals surface area contributed by atoms with E-state index in [2.05, 4.69) is 26.0 Å². The maximum Gasteiger partial charge on any atom is 0.329 e. The van der Waals surface area contributed by atoms with E-state index in [9.17, 15) is 4.79 Å². The van der Waals surface area contributed by atoms with Gasteiger partial charge in [0.2, 0.25) is 0 Å². The number of morpholine rings is 1. The lowest BCUT2D eigenvalue weighted by Gasteiger charge is -2.54. The molecular weight excluding hydrogens is 290 g/mol. The third-order valence-corrected chi connectivity index (χ3v) is 5.09. The van der Waals surface area contributed by atoms with Crippen LogP contribution in [-0.4, -0.2) is 28.7 Å². The molecule has 2 fully saturated rings. The van der Waals surface area contributed by atoms with E-state index < -0.39 is 5.54 Å². The number of rotatable bonds is 3. The first-order valence-electron chi connectivity index (χ1n) is 8.65. The van der Waals surface area contributed by atoms with Crippen LogP contribution in [0.1, 0.15) is 64.5 Å². The highest BCUT2D eigenvalue weighted by molar-refractivity contribution is 5.81. The number of carbonyl (C=O) groups is 1. The fraction of sp³-hybridized carbons (Fsp3) is 0.632. The number of hydrogen-bond acceptors (Lipinski definition) is 4. The van der Waals surface area contributed by atoms with Crippen molar-refractivity contribution in [1.82, 2.24) is 5.06 Å². The Hall–Kier alpha value is -1.39. The molecule has 0 bridgehead atoms. The fourth-order valence-corrected chi connectivity index (χ4v) is 3.83. The van der Waals surface area contributed by atoms with Crippen molar-refractivity contribution < 1.29 is 14.4 Å². The minimum Gasteiger partial charge on any atom is -0.462 e. The van der Waals surface area contributed by atoms with Gasteiger partial charge in [0.25, 0.3) is 0 Å². The van der Waals surface area contributed by atoms with E-state index in [1.165, 1.54) is 6.42 Å². The van der Waals surface area contributed by atoms with Crippen LogP contribution in [0.5, 0.6) is 0 Å².